The number of likely N-dealkylation sites (N-methyl/N-ethyl adjacent to an activating group) is 1. The maximum Gasteiger partial charge on any atom is 0.412 e. The minimum atomic E-state index is -0.796. The number of halogens is 2. The van der Waals surface area contributed by atoms with Gasteiger partial charge in [-0.15, -0.1) is 0 Å². The number of anilines is 1. The molecule has 2 aromatic carbocycles. The van der Waals surface area contributed by atoms with Gasteiger partial charge in [-0.05, 0) is 50.3 Å². The molecular weight excluding hydrogens is 513 g/mol. The summed E-state index contributed by atoms with van der Waals surface area (Å²) in [5.74, 6) is -1.14. The molecule has 1 N–H and O–H groups in total. The number of aryl methyl sites for hydroxylation is 1. The van der Waals surface area contributed by atoms with Crippen LogP contribution in [-0.4, -0.2) is 53.2 Å². The summed E-state index contributed by atoms with van der Waals surface area (Å²) >= 11 is 6.00. The first-order valence-electron chi connectivity index (χ1n) is 12.1. The molecule has 202 valence electrons. The number of carbonyl (C=O) groups excluding carboxylic acids is 3. The van der Waals surface area contributed by atoms with Gasteiger partial charge in [0.15, 0.2) is 0 Å². The van der Waals surface area contributed by atoms with Crippen molar-refractivity contribution in [3.05, 3.63) is 71.1 Å². The number of aromatic nitrogens is 1. The second-order valence-electron chi connectivity index (χ2n) is 9.80. The van der Waals surface area contributed by atoms with Gasteiger partial charge in [0, 0.05) is 25.1 Å². The summed E-state index contributed by atoms with van der Waals surface area (Å²) < 4.78 is 24.5. The largest absolute Gasteiger partial charge is 0.460 e. The molecule has 0 radical (unpaired) electrons. The van der Waals surface area contributed by atoms with Crippen molar-refractivity contribution in [1.82, 2.24) is 9.88 Å². The van der Waals surface area contributed by atoms with E-state index in [4.69, 9.17) is 21.1 Å². The number of pyridine rings is 1. The molecule has 3 rings (SSSR count). The van der Waals surface area contributed by atoms with Crippen LogP contribution >= 0.6 is 11.6 Å². The second-order valence-corrected chi connectivity index (χ2v) is 10.2. The van der Waals surface area contributed by atoms with E-state index in [1.54, 1.807) is 39.1 Å². The molecule has 0 aliphatic carbocycles. The lowest BCUT2D eigenvalue weighted by atomic mass is 10.1. The number of nitrogens with zero attached hydrogens (tertiary/aromatic N) is 2. The highest BCUT2D eigenvalue weighted by Crippen LogP contribution is 2.22. The van der Waals surface area contributed by atoms with E-state index in [9.17, 15) is 18.8 Å². The van der Waals surface area contributed by atoms with Crippen molar-refractivity contribution < 1.29 is 28.2 Å². The molecule has 1 aromatic heterocycles. The van der Waals surface area contributed by atoms with Gasteiger partial charge in [0.1, 0.15) is 23.8 Å². The molecule has 1 heterocycles. The van der Waals surface area contributed by atoms with E-state index in [0.29, 0.717) is 11.4 Å². The highest BCUT2D eigenvalue weighted by atomic mass is 35.5. The van der Waals surface area contributed by atoms with Gasteiger partial charge in [-0.3, -0.25) is 14.9 Å². The van der Waals surface area contributed by atoms with Gasteiger partial charge < -0.3 is 14.4 Å². The Hall–Kier alpha value is -3.72. The SMILES string of the molecule is CN(C(=O)CCc1cccc(F)c1Cl)[C@H](COC(=O)Nc1cc2ccccc2cn1)CC(=O)OC(C)(C)C. The van der Waals surface area contributed by atoms with Gasteiger partial charge in [0.05, 0.1) is 17.5 Å². The number of rotatable bonds is 9. The number of hydrogen-bond acceptors (Lipinski definition) is 6. The van der Waals surface area contributed by atoms with E-state index in [1.807, 2.05) is 24.3 Å². The molecule has 0 bridgehead atoms. The van der Waals surface area contributed by atoms with E-state index in [0.717, 1.165) is 10.8 Å². The average Bonchev–Trinajstić information content (AvgIpc) is 2.85. The van der Waals surface area contributed by atoms with Crippen LogP contribution in [0, 0.1) is 5.82 Å². The zero-order chi connectivity index (χ0) is 27.9. The highest BCUT2D eigenvalue weighted by molar-refractivity contribution is 6.31. The molecule has 3 aromatic rings. The maximum atomic E-state index is 13.7. The molecule has 1 atom stereocenters. The van der Waals surface area contributed by atoms with Crippen LogP contribution in [0.3, 0.4) is 0 Å². The topological polar surface area (TPSA) is 97.8 Å². The molecule has 8 nitrogen and oxygen atoms in total. The van der Waals surface area contributed by atoms with E-state index in [-0.39, 0.29) is 36.8 Å². The number of carbonyl (C=O) groups is 3. The van der Waals surface area contributed by atoms with Gasteiger partial charge >= 0.3 is 12.1 Å². The summed E-state index contributed by atoms with van der Waals surface area (Å²) in [6.07, 6.45) is 0.871. The Kier molecular flexibility index (Phi) is 9.63. The van der Waals surface area contributed by atoms with E-state index in [1.165, 1.54) is 24.1 Å². The van der Waals surface area contributed by atoms with Gasteiger partial charge in [-0.2, -0.15) is 0 Å². The van der Waals surface area contributed by atoms with Crippen LogP contribution in [0.25, 0.3) is 10.8 Å². The summed E-state index contributed by atoms with van der Waals surface area (Å²) in [4.78, 5) is 43.5. The molecule has 0 fully saturated rings. The molecule has 0 aliphatic heterocycles. The lowest BCUT2D eigenvalue weighted by Crippen LogP contribution is -2.43. The Bertz CT molecular complexity index is 1310. The Labute approximate surface area is 226 Å². The minimum Gasteiger partial charge on any atom is -0.460 e. The summed E-state index contributed by atoms with van der Waals surface area (Å²) in [6.45, 7) is 4.94. The van der Waals surface area contributed by atoms with Crippen LogP contribution in [0.4, 0.5) is 15.0 Å². The highest BCUT2D eigenvalue weighted by Gasteiger charge is 2.27. The lowest BCUT2D eigenvalue weighted by Gasteiger charge is -2.29. The second kappa shape index (κ2) is 12.7. The molecule has 0 saturated heterocycles. The van der Waals surface area contributed by atoms with Gasteiger partial charge in [-0.25, -0.2) is 14.2 Å². The third kappa shape index (κ3) is 8.41. The fourth-order valence-electron chi connectivity index (χ4n) is 3.71. The number of benzene rings is 2. The quantitative estimate of drug-likeness (QED) is 0.344. The summed E-state index contributed by atoms with van der Waals surface area (Å²) in [7, 11) is 1.51. The Morgan fingerprint density at radius 2 is 1.82 bits per heavy atom. The fraction of sp³-hybridized carbons (Fsp3) is 0.357. The number of fused-ring (bicyclic) bond motifs is 1. The average molecular weight is 544 g/mol. The van der Waals surface area contributed by atoms with Crippen molar-refractivity contribution in [2.45, 2.75) is 51.7 Å². The fourth-order valence-corrected chi connectivity index (χ4v) is 3.93. The zero-order valence-electron chi connectivity index (χ0n) is 21.8. The molecule has 0 aliphatic rings. The smallest absolute Gasteiger partial charge is 0.412 e. The number of ether oxygens (including phenoxy) is 2. The maximum absolute atomic E-state index is 13.7. The normalized spacial score (nSPS) is 12.1. The van der Waals surface area contributed by atoms with Crippen LogP contribution in [-0.2, 0) is 25.5 Å². The predicted molar refractivity (Wildman–Crippen MR) is 143 cm³/mol. The van der Waals surface area contributed by atoms with Gasteiger partial charge in [0.25, 0.3) is 0 Å². The first-order chi connectivity index (χ1) is 17.9. The van der Waals surface area contributed by atoms with E-state index in [2.05, 4.69) is 10.3 Å². The lowest BCUT2D eigenvalue weighted by molar-refractivity contribution is -0.157. The van der Waals surface area contributed by atoms with E-state index < -0.39 is 29.5 Å². The van der Waals surface area contributed by atoms with Crippen LogP contribution < -0.4 is 5.32 Å². The monoisotopic (exact) mass is 543 g/mol. The van der Waals surface area contributed by atoms with Crippen molar-refractivity contribution in [3.8, 4) is 0 Å². The molecule has 2 amide bonds. The Morgan fingerprint density at radius 1 is 1.11 bits per heavy atom. The Morgan fingerprint density at radius 3 is 2.53 bits per heavy atom. The van der Waals surface area contributed by atoms with Crippen LogP contribution in [0.1, 0.15) is 39.2 Å². The third-order valence-corrected chi connectivity index (χ3v) is 6.09. The number of hydrogen-bond donors (Lipinski definition) is 1. The Balaban J connectivity index is 1.65. The molecule has 38 heavy (non-hydrogen) atoms. The van der Waals surface area contributed by atoms with Crippen molar-refractivity contribution in [1.29, 1.82) is 0 Å². The first kappa shape index (κ1) is 28.8. The molecule has 0 saturated carbocycles. The minimum absolute atomic E-state index is 0.0116. The number of esters is 1. The summed E-state index contributed by atoms with van der Waals surface area (Å²) in [6, 6.07) is 12.9. The van der Waals surface area contributed by atoms with Crippen LogP contribution in [0.5, 0.6) is 0 Å². The molecule has 10 heteroatoms. The van der Waals surface area contributed by atoms with Crippen molar-refractivity contribution in [2.24, 2.45) is 0 Å². The van der Waals surface area contributed by atoms with Gasteiger partial charge in [-0.1, -0.05) is 48.0 Å². The first-order valence-corrected chi connectivity index (χ1v) is 12.5. The van der Waals surface area contributed by atoms with E-state index >= 15 is 0 Å². The number of amides is 2. The summed E-state index contributed by atoms with van der Waals surface area (Å²) in [5, 5.41) is 4.35. The summed E-state index contributed by atoms with van der Waals surface area (Å²) in [5.41, 5.74) is -0.228. The molecule has 0 spiro atoms. The van der Waals surface area contributed by atoms with Gasteiger partial charge in [0.2, 0.25) is 5.91 Å². The van der Waals surface area contributed by atoms with Crippen LogP contribution in [0.2, 0.25) is 5.02 Å². The third-order valence-electron chi connectivity index (χ3n) is 5.67. The zero-order valence-corrected chi connectivity index (χ0v) is 22.5. The van der Waals surface area contributed by atoms with Crippen LogP contribution in [0.15, 0.2) is 54.7 Å². The molecule has 0 unspecified atom stereocenters. The molecular formula is C28H31ClFN3O5. The van der Waals surface area contributed by atoms with Crippen molar-refractivity contribution in [3.63, 3.8) is 0 Å². The van der Waals surface area contributed by atoms with Crippen molar-refractivity contribution >= 4 is 46.2 Å². The predicted octanol–water partition coefficient (Wildman–Crippen LogP) is 5.77. The standard InChI is InChI=1S/C28H31ClFN3O5/c1-28(2,3)38-25(35)15-21(33(4)24(34)13-12-18-10-7-11-22(30)26(18)29)17-37-27(36)32-23-14-19-8-5-6-9-20(19)16-31-23/h5-11,14,16,21H,12-13,15,17H2,1-4H3,(H,31,32,36)/t21-/m0/s1. The van der Waals surface area contributed by atoms with Crippen molar-refractivity contribution in [2.75, 3.05) is 19.0 Å². The number of nitrogens with one attached hydrogen (secondary N) is 1.